The zero-order valence-corrected chi connectivity index (χ0v) is 25.3. The van der Waals surface area contributed by atoms with Crippen molar-refractivity contribution in [2.45, 2.75) is 78.7 Å². The van der Waals surface area contributed by atoms with Gasteiger partial charge in [0.2, 0.25) is 0 Å². The largest absolute Gasteiger partial charge is 0.490 e. The second-order valence-electron chi connectivity index (χ2n) is 11.6. The predicted octanol–water partition coefficient (Wildman–Crippen LogP) is 9.58. The van der Waals surface area contributed by atoms with Crippen LogP contribution in [0.15, 0.2) is 84.9 Å². The second-order valence-corrected chi connectivity index (χ2v) is 11.6. The Bertz CT molecular complexity index is 1500. The van der Waals surface area contributed by atoms with Gasteiger partial charge in [-0.2, -0.15) is 0 Å². The number of carbonyl (C=O) groups is 1. The molecule has 1 aliphatic carbocycles. The highest BCUT2D eigenvalue weighted by molar-refractivity contribution is 5.86. The molecular formula is C38H42O3. The summed E-state index contributed by atoms with van der Waals surface area (Å²) >= 11 is 0. The van der Waals surface area contributed by atoms with Crippen molar-refractivity contribution >= 4 is 5.97 Å². The molecule has 3 heteroatoms. The zero-order chi connectivity index (χ0) is 29.1. The summed E-state index contributed by atoms with van der Waals surface area (Å²) in [6.45, 7) is 12.5. The second kappa shape index (κ2) is 11.9. The lowest BCUT2D eigenvalue weighted by molar-refractivity contribution is -0.138. The highest BCUT2D eigenvalue weighted by atomic mass is 16.5. The van der Waals surface area contributed by atoms with Crippen LogP contribution < -0.4 is 9.47 Å². The first-order valence-corrected chi connectivity index (χ1v) is 15.1. The Hall–Kier alpha value is -3.85. The lowest BCUT2D eigenvalue weighted by Crippen LogP contribution is -2.29. The van der Waals surface area contributed by atoms with Gasteiger partial charge < -0.3 is 9.47 Å². The Kier molecular flexibility index (Phi) is 8.35. The van der Waals surface area contributed by atoms with Crippen LogP contribution in [0.2, 0.25) is 0 Å². The number of ether oxygens (including phenoxy) is 2. The standard InChI is InChI=1S/C38H42O3/c1-7-13-25(3)37(39)41-36-22-20-30(24-27(36)5)38(29-19-21-35(26(4)23-29)40-28(6)14-8-2)33-17-11-9-15-31(33)32-16-10-12-18-34(32)38/h9-12,15-25,28H,7-8,13-14H2,1-6H3. The molecule has 0 saturated carbocycles. The summed E-state index contributed by atoms with van der Waals surface area (Å²) in [4.78, 5) is 12.8. The number of esters is 1. The van der Waals surface area contributed by atoms with Crippen molar-refractivity contribution in [2.75, 3.05) is 0 Å². The van der Waals surface area contributed by atoms with Crippen molar-refractivity contribution in [1.82, 2.24) is 0 Å². The third kappa shape index (κ3) is 5.19. The SMILES string of the molecule is CCCC(C)Oc1ccc(C2(c3ccc(OC(=O)C(C)CCC)c(C)c3)c3ccccc3-c3ccccc32)cc1C. The topological polar surface area (TPSA) is 35.5 Å². The number of aryl methyl sites for hydroxylation is 2. The lowest BCUT2D eigenvalue weighted by atomic mass is 9.67. The molecule has 212 valence electrons. The highest BCUT2D eigenvalue weighted by Gasteiger charge is 2.46. The van der Waals surface area contributed by atoms with Crippen LogP contribution in [0.5, 0.6) is 11.5 Å². The molecule has 0 fully saturated rings. The fourth-order valence-electron chi connectivity index (χ4n) is 6.48. The third-order valence-corrected chi connectivity index (χ3v) is 8.53. The van der Waals surface area contributed by atoms with E-state index in [0.717, 1.165) is 48.1 Å². The molecule has 0 amide bonds. The maximum absolute atomic E-state index is 12.8. The number of carbonyl (C=O) groups excluding carboxylic acids is 1. The van der Waals surface area contributed by atoms with Crippen molar-refractivity contribution < 1.29 is 14.3 Å². The van der Waals surface area contributed by atoms with E-state index in [-0.39, 0.29) is 18.0 Å². The van der Waals surface area contributed by atoms with Gasteiger partial charge in [-0.1, -0.05) is 106 Å². The summed E-state index contributed by atoms with van der Waals surface area (Å²) < 4.78 is 12.2. The number of fused-ring (bicyclic) bond motifs is 3. The summed E-state index contributed by atoms with van der Waals surface area (Å²) in [6.07, 6.45) is 4.07. The quantitative estimate of drug-likeness (QED) is 0.129. The Labute approximate surface area is 245 Å². The molecule has 3 nitrogen and oxygen atoms in total. The Balaban J connectivity index is 1.68. The van der Waals surface area contributed by atoms with Crippen LogP contribution in [0.25, 0.3) is 11.1 Å². The smallest absolute Gasteiger partial charge is 0.314 e. The average molecular weight is 547 g/mol. The van der Waals surface area contributed by atoms with E-state index in [1.807, 2.05) is 19.9 Å². The van der Waals surface area contributed by atoms with Gasteiger partial charge in [0.05, 0.1) is 17.4 Å². The molecule has 0 aromatic heterocycles. The summed E-state index contributed by atoms with van der Waals surface area (Å²) in [5.74, 6) is 1.27. The fraction of sp³-hybridized carbons (Fsp3) is 0.342. The van der Waals surface area contributed by atoms with E-state index in [1.54, 1.807) is 0 Å². The van der Waals surface area contributed by atoms with Crippen LogP contribution in [0.1, 0.15) is 86.8 Å². The summed E-state index contributed by atoms with van der Waals surface area (Å²) in [5.41, 5.74) is 8.92. The van der Waals surface area contributed by atoms with Gasteiger partial charge in [-0.3, -0.25) is 4.79 Å². The van der Waals surface area contributed by atoms with Crippen LogP contribution in [-0.2, 0) is 10.2 Å². The molecule has 4 aromatic rings. The molecule has 0 heterocycles. The van der Waals surface area contributed by atoms with Crippen molar-refractivity contribution in [3.05, 3.63) is 118 Å². The van der Waals surface area contributed by atoms with Crippen molar-refractivity contribution in [3.63, 3.8) is 0 Å². The highest BCUT2D eigenvalue weighted by Crippen LogP contribution is 2.56. The monoisotopic (exact) mass is 546 g/mol. The molecule has 0 saturated heterocycles. The van der Waals surface area contributed by atoms with Gasteiger partial charge in [0.1, 0.15) is 11.5 Å². The van der Waals surface area contributed by atoms with Crippen molar-refractivity contribution in [3.8, 4) is 22.6 Å². The van der Waals surface area contributed by atoms with Crippen LogP contribution in [-0.4, -0.2) is 12.1 Å². The van der Waals surface area contributed by atoms with Crippen molar-refractivity contribution in [2.24, 2.45) is 5.92 Å². The molecule has 1 aliphatic rings. The molecule has 2 unspecified atom stereocenters. The van der Waals surface area contributed by atoms with E-state index >= 15 is 0 Å². The first-order chi connectivity index (χ1) is 19.8. The lowest BCUT2D eigenvalue weighted by Gasteiger charge is -2.35. The van der Waals surface area contributed by atoms with Gasteiger partial charge in [0.15, 0.2) is 0 Å². The summed E-state index contributed by atoms with van der Waals surface area (Å²) in [5, 5.41) is 0. The molecule has 5 rings (SSSR count). The van der Waals surface area contributed by atoms with Crippen LogP contribution in [0.4, 0.5) is 0 Å². The zero-order valence-electron chi connectivity index (χ0n) is 25.3. The molecule has 0 spiro atoms. The van der Waals surface area contributed by atoms with Crippen LogP contribution in [0.3, 0.4) is 0 Å². The minimum atomic E-state index is -0.520. The number of rotatable bonds is 10. The minimum Gasteiger partial charge on any atom is -0.490 e. The normalized spacial score (nSPS) is 14.6. The molecule has 0 aliphatic heterocycles. The van der Waals surface area contributed by atoms with E-state index in [1.165, 1.54) is 27.8 Å². The van der Waals surface area contributed by atoms with Gasteiger partial charge in [-0.05, 0) is 90.3 Å². The van der Waals surface area contributed by atoms with Gasteiger partial charge in [0.25, 0.3) is 0 Å². The molecule has 41 heavy (non-hydrogen) atoms. The van der Waals surface area contributed by atoms with Gasteiger partial charge in [-0.15, -0.1) is 0 Å². The number of hydrogen-bond acceptors (Lipinski definition) is 3. The first-order valence-electron chi connectivity index (χ1n) is 15.1. The Morgan fingerprint density at radius 3 is 1.73 bits per heavy atom. The van der Waals surface area contributed by atoms with E-state index in [9.17, 15) is 4.79 Å². The molecule has 4 aromatic carbocycles. The van der Waals surface area contributed by atoms with E-state index in [4.69, 9.17) is 9.47 Å². The number of hydrogen-bond donors (Lipinski definition) is 0. The predicted molar refractivity (Wildman–Crippen MR) is 168 cm³/mol. The average Bonchev–Trinajstić information content (AvgIpc) is 3.27. The third-order valence-electron chi connectivity index (χ3n) is 8.53. The maximum Gasteiger partial charge on any atom is 0.314 e. The van der Waals surface area contributed by atoms with Crippen LogP contribution in [0, 0.1) is 19.8 Å². The first kappa shape index (κ1) is 28.7. The van der Waals surface area contributed by atoms with Crippen molar-refractivity contribution in [1.29, 1.82) is 0 Å². The molecule has 0 radical (unpaired) electrons. The van der Waals surface area contributed by atoms with E-state index in [0.29, 0.717) is 5.75 Å². The Morgan fingerprint density at radius 2 is 1.22 bits per heavy atom. The van der Waals surface area contributed by atoms with Gasteiger partial charge in [0, 0.05) is 0 Å². The molecular weight excluding hydrogens is 504 g/mol. The number of benzene rings is 4. The maximum atomic E-state index is 12.8. The summed E-state index contributed by atoms with van der Waals surface area (Å²) in [7, 11) is 0. The molecule has 0 bridgehead atoms. The van der Waals surface area contributed by atoms with E-state index in [2.05, 4.69) is 107 Å². The van der Waals surface area contributed by atoms with Gasteiger partial charge >= 0.3 is 5.97 Å². The fourth-order valence-corrected chi connectivity index (χ4v) is 6.48. The summed E-state index contributed by atoms with van der Waals surface area (Å²) in [6, 6.07) is 30.5. The minimum absolute atomic E-state index is 0.122. The van der Waals surface area contributed by atoms with Crippen LogP contribution >= 0.6 is 0 Å². The molecule has 0 N–H and O–H groups in total. The molecule has 2 atom stereocenters. The Morgan fingerprint density at radius 1 is 0.707 bits per heavy atom. The van der Waals surface area contributed by atoms with Gasteiger partial charge in [-0.25, -0.2) is 0 Å². The van der Waals surface area contributed by atoms with E-state index < -0.39 is 5.41 Å².